The molecule has 0 aliphatic carbocycles. The molecule has 0 aromatic heterocycles. The first kappa shape index (κ1) is 17.3. The first-order chi connectivity index (χ1) is 8.09. The summed E-state index contributed by atoms with van der Waals surface area (Å²) in [6.07, 6.45) is 2.33. The Bertz CT molecular complexity index is 362. The van der Waals surface area contributed by atoms with E-state index < -0.39 is 15.6 Å². The van der Waals surface area contributed by atoms with E-state index in [0.29, 0.717) is 13.0 Å². The lowest BCUT2D eigenvalue weighted by atomic mass is 10.0. The van der Waals surface area contributed by atoms with Crippen molar-refractivity contribution in [2.75, 3.05) is 19.3 Å². The topological polar surface area (TPSA) is 101 Å². The average Bonchev–Trinajstić information content (AvgIpc) is 2.20. The van der Waals surface area contributed by atoms with E-state index in [-0.39, 0.29) is 18.4 Å². The maximum absolute atomic E-state index is 11.6. The number of hydrogen-bond acceptors (Lipinski definition) is 4. The van der Waals surface area contributed by atoms with Crippen molar-refractivity contribution < 1.29 is 13.2 Å². The van der Waals surface area contributed by atoms with Gasteiger partial charge in [0.2, 0.25) is 15.9 Å². The van der Waals surface area contributed by atoms with Gasteiger partial charge in [0.1, 0.15) is 0 Å². The summed E-state index contributed by atoms with van der Waals surface area (Å²) in [7, 11) is -3.28. The van der Waals surface area contributed by atoms with Crippen LogP contribution in [0.25, 0.3) is 0 Å². The molecule has 6 nitrogen and oxygen atoms in total. The Morgan fingerprint density at radius 3 is 2.33 bits per heavy atom. The number of amides is 1. The standard InChI is InChI=1S/C11H25N3O3S/c1-5-9(7-12)6-10(15)13-8-11(2,3)14-18(4,16)17/h9,14H,5-8,12H2,1-4H3,(H,13,15). The van der Waals surface area contributed by atoms with Crippen LogP contribution in [0.4, 0.5) is 0 Å². The molecule has 0 bridgehead atoms. The van der Waals surface area contributed by atoms with Gasteiger partial charge in [-0.3, -0.25) is 4.79 Å². The van der Waals surface area contributed by atoms with Gasteiger partial charge >= 0.3 is 0 Å². The predicted octanol–water partition coefficient (Wildman–Crippen LogP) is -0.195. The Labute approximate surface area is 110 Å². The van der Waals surface area contributed by atoms with Crippen LogP contribution in [0.1, 0.15) is 33.6 Å². The fraction of sp³-hybridized carbons (Fsp3) is 0.909. The maximum atomic E-state index is 11.6. The number of rotatable bonds is 8. The van der Waals surface area contributed by atoms with Gasteiger partial charge in [-0.25, -0.2) is 13.1 Å². The van der Waals surface area contributed by atoms with Crippen LogP contribution >= 0.6 is 0 Å². The first-order valence-corrected chi connectivity index (χ1v) is 7.94. The van der Waals surface area contributed by atoms with Crippen LogP contribution in [0, 0.1) is 5.92 Å². The number of hydrogen-bond donors (Lipinski definition) is 3. The Morgan fingerprint density at radius 1 is 1.39 bits per heavy atom. The van der Waals surface area contributed by atoms with Crippen molar-refractivity contribution in [2.24, 2.45) is 11.7 Å². The quantitative estimate of drug-likeness (QED) is 0.573. The molecule has 108 valence electrons. The number of carbonyl (C=O) groups is 1. The van der Waals surface area contributed by atoms with Gasteiger partial charge in [-0.15, -0.1) is 0 Å². The highest BCUT2D eigenvalue weighted by atomic mass is 32.2. The molecule has 0 saturated carbocycles. The molecule has 1 amide bonds. The SMILES string of the molecule is CCC(CN)CC(=O)NCC(C)(C)NS(C)(=O)=O. The summed E-state index contributed by atoms with van der Waals surface area (Å²) in [6.45, 7) is 6.15. The lowest BCUT2D eigenvalue weighted by Gasteiger charge is -2.25. The van der Waals surface area contributed by atoms with Crippen LogP contribution in [0.2, 0.25) is 0 Å². The maximum Gasteiger partial charge on any atom is 0.220 e. The number of nitrogens with two attached hydrogens (primary N) is 1. The summed E-state index contributed by atoms with van der Waals surface area (Å²) in [4.78, 5) is 11.6. The van der Waals surface area contributed by atoms with Gasteiger partial charge in [0.25, 0.3) is 0 Å². The molecular formula is C11H25N3O3S. The lowest BCUT2D eigenvalue weighted by Crippen LogP contribution is -2.51. The summed E-state index contributed by atoms with van der Waals surface area (Å²) >= 11 is 0. The van der Waals surface area contributed by atoms with E-state index >= 15 is 0 Å². The molecule has 4 N–H and O–H groups in total. The average molecular weight is 279 g/mol. The second-order valence-corrected chi connectivity index (χ2v) is 7.00. The van der Waals surface area contributed by atoms with Crippen LogP contribution in [-0.4, -0.2) is 39.2 Å². The van der Waals surface area contributed by atoms with E-state index in [2.05, 4.69) is 10.0 Å². The predicted molar refractivity (Wildman–Crippen MR) is 72.5 cm³/mol. The zero-order valence-corrected chi connectivity index (χ0v) is 12.4. The monoisotopic (exact) mass is 279 g/mol. The Hall–Kier alpha value is -0.660. The lowest BCUT2D eigenvalue weighted by molar-refractivity contribution is -0.122. The Balaban J connectivity index is 4.19. The molecule has 0 rings (SSSR count). The molecular weight excluding hydrogens is 254 g/mol. The second-order valence-electron chi connectivity index (χ2n) is 5.25. The summed E-state index contributed by atoms with van der Waals surface area (Å²) in [6, 6.07) is 0. The number of sulfonamides is 1. The van der Waals surface area contributed by atoms with Gasteiger partial charge in [0, 0.05) is 18.5 Å². The minimum Gasteiger partial charge on any atom is -0.354 e. The molecule has 7 heteroatoms. The number of nitrogens with one attached hydrogen (secondary N) is 2. The van der Waals surface area contributed by atoms with E-state index in [4.69, 9.17) is 5.73 Å². The van der Waals surface area contributed by atoms with Gasteiger partial charge < -0.3 is 11.1 Å². The molecule has 0 radical (unpaired) electrons. The highest BCUT2D eigenvalue weighted by molar-refractivity contribution is 7.88. The molecule has 1 atom stereocenters. The third-order valence-corrected chi connectivity index (χ3v) is 3.50. The molecule has 0 aromatic carbocycles. The minimum atomic E-state index is -3.28. The molecule has 0 heterocycles. The summed E-state index contributed by atoms with van der Waals surface area (Å²) in [5.74, 6) is 0.0756. The summed E-state index contributed by atoms with van der Waals surface area (Å²) < 4.78 is 24.7. The summed E-state index contributed by atoms with van der Waals surface area (Å²) in [5, 5.41) is 2.72. The van der Waals surface area contributed by atoms with Gasteiger partial charge in [-0.05, 0) is 26.3 Å². The van der Waals surface area contributed by atoms with Crippen molar-refractivity contribution in [2.45, 2.75) is 39.2 Å². The Kier molecular flexibility index (Phi) is 6.80. The normalized spacial score (nSPS) is 14.3. The Morgan fingerprint density at radius 2 is 1.94 bits per heavy atom. The van der Waals surface area contributed by atoms with Gasteiger partial charge in [0.15, 0.2) is 0 Å². The van der Waals surface area contributed by atoms with Crippen LogP contribution in [0.3, 0.4) is 0 Å². The van der Waals surface area contributed by atoms with Crippen LogP contribution < -0.4 is 15.8 Å². The van der Waals surface area contributed by atoms with E-state index in [1.165, 1.54) is 0 Å². The molecule has 0 spiro atoms. The zero-order chi connectivity index (χ0) is 14.4. The van der Waals surface area contributed by atoms with Gasteiger partial charge in [-0.1, -0.05) is 13.3 Å². The van der Waals surface area contributed by atoms with Crippen molar-refractivity contribution >= 4 is 15.9 Å². The minimum absolute atomic E-state index is 0.101. The molecule has 18 heavy (non-hydrogen) atoms. The van der Waals surface area contributed by atoms with E-state index in [0.717, 1.165) is 12.7 Å². The van der Waals surface area contributed by atoms with E-state index in [1.54, 1.807) is 13.8 Å². The zero-order valence-electron chi connectivity index (χ0n) is 11.6. The molecule has 0 aliphatic heterocycles. The third-order valence-electron chi connectivity index (χ3n) is 2.57. The van der Waals surface area contributed by atoms with Crippen molar-refractivity contribution in [3.05, 3.63) is 0 Å². The van der Waals surface area contributed by atoms with Crippen LogP contribution in [-0.2, 0) is 14.8 Å². The van der Waals surface area contributed by atoms with Crippen LogP contribution in [0.5, 0.6) is 0 Å². The number of carbonyl (C=O) groups excluding carboxylic acids is 1. The van der Waals surface area contributed by atoms with Gasteiger partial charge in [-0.2, -0.15) is 0 Å². The summed E-state index contributed by atoms with van der Waals surface area (Å²) in [5.41, 5.74) is 4.82. The molecule has 1 unspecified atom stereocenters. The second kappa shape index (κ2) is 7.06. The van der Waals surface area contributed by atoms with Crippen molar-refractivity contribution in [1.82, 2.24) is 10.0 Å². The van der Waals surface area contributed by atoms with E-state index in [1.807, 2.05) is 6.92 Å². The third kappa shape index (κ3) is 8.43. The van der Waals surface area contributed by atoms with Gasteiger partial charge in [0.05, 0.1) is 6.26 Å². The molecule has 0 fully saturated rings. The highest BCUT2D eigenvalue weighted by Gasteiger charge is 2.23. The van der Waals surface area contributed by atoms with Crippen LogP contribution in [0.15, 0.2) is 0 Å². The molecule has 0 saturated heterocycles. The first-order valence-electron chi connectivity index (χ1n) is 6.05. The van der Waals surface area contributed by atoms with Crippen molar-refractivity contribution in [3.8, 4) is 0 Å². The molecule has 0 aliphatic rings. The van der Waals surface area contributed by atoms with Crippen molar-refractivity contribution in [1.29, 1.82) is 0 Å². The smallest absolute Gasteiger partial charge is 0.220 e. The largest absolute Gasteiger partial charge is 0.354 e. The van der Waals surface area contributed by atoms with Crippen molar-refractivity contribution in [3.63, 3.8) is 0 Å². The molecule has 0 aromatic rings. The van der Waals surface area contributed by atoms with E-state index in [9.17, 15) is 13.2 Å². The highest BCUT2D eigenvalue weighted by Crippen LogP contribution is 2.06. The fourth-order valence-corrected chi connectivity index (χ4v) is 2.66. The fourth-order valence-electron chi connectivity index (χ4n) is 1.59.